The van der Waals surface area contributed by atoms with Crippen LogP contribution in [0.3, 0.4) is 0 Å². The summed E-state index contributed by atoms with van der Waals surface area (Å²) in [6.45, 7) is 2.34. The van der Waals surface area contributed by atoms with Crippen LogP contribution in [0.25, 0.3) is 0 Å². The summed E-state index contributed by atoms with van der Waals surface area (Å²) < 4.78 is 26.7. The lowest BCUT2D eigenvalue weighted by Gasteiger charge is -2.15. The molecule has 19 heavy (non-hydrogen) atoms. The van der Waals surface area contributed by atoms with E-state index in [0.29, 0.717) is 30.4 Å². The van der Waals surface area contributed by atoms with Crippen molar-refractivity contribution < 1.29 is 13.5 Å². The Morgan fingerprint density at radius 3 is 2.79 bits per heavy atom. The maximum Gasteiger partial charge on any atom is 0.260 e. The van der Waals surface area contributed by atoms with Gasteiger partial charge in [0.05, 0.1) is 6.61 Å². The number of hydrogen-bond acceptors (Lipinski definition) is 5. The molecule has 0 saturated heterocycles. The molecule has 0 radical (unpaired) electrons. The third-order valence-corrected chi connectivity index (χ3v) is 4.81. The number of nitrogens with one attached hydrogen (secondary N) is 2. The van der Waals surface area contributed by atoms with E-state index in [1.54, 1.807) is 6.92 Å². The van der Waals surface area contributed by atoms with Crippen molar-refractivity contribution in [3.8, 4) is 0 Å². The van der Waals surface area contributed by atoms with Gasteiger partial charge in [0.2, 0.25) is 0 Å². The molecule has 1 aliphatic rings. The van der Waals surface area contributed by atoms with Crippen molar-refractivity contribution in [1.29, 1.82) is 0 Å². The first-order valence-corrected chi connectivity index (χ1v) is 7.78. The predicted molar refractivity (Wildman–Crippen MR) is 70.1 cm³/mol. The fourth-order valence-electron chi connectivity index (χ4n) is 1.96. The number of hydrogen-bond donors (Lipinski definition) is 3. The lowest BCUT2D eigenvalue weighted by Crippen LogP contribution is -2.34. The van der Waals surface area contributed by atoms with Gasteiger partial charge in [0.25, 0.3) is 10.0 Å². The zero-order chi connectivity index (χ0) is 14.0. The van der Waals surface area contributed by atoms with E-state index in [4.69, 9.17) is 0 Å². The molecule has 8 heteroatoms. The van der Waals surface area contributed by atoms with E-state index in [1.165, 1.54) is 12.8 Å². The highest BCUT2D eigenvalue weighted by Crippen LogP contribution is 2.24. The Morgan fingerprint density at radius 2 is 2.21 bits per heavy atom. The highest BCUT2D eigenvalue weighted by atomic mass is 32.2. The number of nitrogens with zero attached hydrogens (tertiary/aromatic N) is 2. The Labute approximate surface area is 113 Å². The minimum atomic E-state index is -3.66. The number of aromatic nitrogens is 2. The molecule has 0 amide bonds. The molecule has 7 nitrogen and oxygen atoms in total. The summed E-state index contributed by atoms with van der Waals surface area (Å²) in [6, 6.07) is 0.602. The van der Waals surface area contributed by atoms with Crippen LogP contribution >= 0.6 is 0 Å². The molecule has 1 aliphatic carbocycles. The minimum Gasteiger partial charge on any atom is -0.392 e. The van der Waals surface area contributed by atoms with Crippen LogP contribution in [0.1, 0.15) is 24.1 Å². The van der Waals surface area contributed by atoms with E-state index < -0.39 is 10.0 Å². The van der Waals surface area contributed by atoms with Gasteiger partial charge in [0, 0.05) is 30.4 Å². The normalized spacial score (nSPS) is 16.2. The van der Waals surface area contributed by atoms with Crippen molar-refractivity contribution >= 4 is 10.0 Å². The van der Waals surface area contributed by atoms with Crippen molar-refractivity contribution in [3.63, 3.8) is 0 Å². The van der Waals surface area contributed by atoms with Gasteiger partial charge < -0.3 is 10.0 Å². The SMILES string of the molecule is Cc1[nH]nc(S(=O)(=O)NCCN(C)C2CC2)c1CO. The van der Waals surface area contributed by atoms with Gasteiger partial charge in [-0.25, -0.2) is 13.1 Å². The Hall–Kier alpha value is -0.960. The zero-order valence-corrected chi connectivity index (χ0v) is 12.0. The van der Waals surface area contributed by atoms with Gasteiger partial charge in [-0.1, -0.05) is 0 Å². The number of aliphatic hydroxyl groups is 1. The molecule has 1 heterocycles. The summed E-state index contributed by atoms with van der Waals surface area (Å²) in [5, 5.41) is 15.4. The van der Waals surface area contributed by atoms with Crippen LogP contribution in [0.4, 0.5) is 0 Å². The van der Waals surface area contributed by atoms with Gasteiger partial charge >= 0.3 is 0 Å². The van der Waals surface area contributed by atoms with Gasteiger partial charge in [-0.2, -0.15) is 5.10 Å². The molecule has 0 unspecified atom stereocenters. The average Bonchev–Trinajstić information content (AvgIpc) is 3.12. The summed E-state index contributed by atoms with van der Waals surface area (Å²) in [7, 11) is -1.67. The Morgan fingerprint density at radius 1 is 1.53 bits per heavy atom. The van der Waals surface area contributed by atoms with E-state index >= 15 is 0 Å². The molecule has 1 fully saturated rings. The topological polar surface area (TPSA) is 98.3 Å². The quantitative estimate of drug-likeness (QED) is 0.633. The molecule has 0 atom stereocenters. The third-order valence-electron chi connectivity index (χ3n) is 3.38. The standard InChI is InChI=1S/C11H20N4O3S/c1-8-10(7-16)11(14-13-8)19(17,18)12-5-6-15(2)9-3-4-9/h9,12,16H,3-7H2,1-2H3,(H,13,14). The first-order chi connectivity index (χ1) is 8.95. The first kappa shape index (κ1) is 14.4. The smallest absolute Gasteiger partial charge is 0.260 e. The predicted octanol–water partition coefficient (Wildman–Crippen LogP) is -0.417. The van der Waals surface area contributed by atoms with Crippen molar-refractivity contribution in [3.05, 3.63) is 11.3 Å². The highest BCUT2D eigenvalue weighted by Gasteiger charge is 2.27. The summed E-state index contributed by atoms with van der Waals surface area (Å²) >= 11 is 0. The molecular weight excluding hydrogens is 268 g/mol. The Bertz CT molecular complexity index is 536. The molecule has 0 bridgehead atoms. The monoisotopic (exact) mass is 288 g/mol. The second-order valence-corrected chi connectivity index (χ2v) is 6.58. The Balaban J connectivity index is 1.97. The number of rotatable bonds is 7. The summed E-state index contributed by atoms with van der Waals surface area (Å²) in [4.78, 5) is 2.14. The Kier molecular flexibility index (Phi) is 4.24. The molecule has 1 aromatic rings. The highest BCUT2D eigenvalue weighted by molar-refractivity contribution is 7.89. The van der Waals surface area contributed by atoms with Crippen LogP contribution in [0, 0.1) is 6.92 Å². The number of sulfonamides is 1. The van der Waals surface area contributed by atoms with Crippen molar-refractivity contribution in [2.75, 3.05) is 20.1 Å². The molecule has 108 valence electrons. The maximum atomic E-state index is 12.1. The minimum absolute atomic E-state index is 0.110. The number of likely N-dealkylation sites (N-methyl/N-ethyl adjacent to an activating group) is 1. The lowest BCUT2D eigenvalue weighted by molar-refractivity contribution is 0.277. The van der Waals surface area contributed by atoms with E-state index in [1.807, 2.05) is 7.05 Å². The average molecular weight is 288 g/mol. The largest absolute Gasteiger partial charge is 0.392 e. The van der Waals surface area contributed by atoms with Gasteiger partial charge in [0.15, 0.2) is 5.03 Å². The maximum absolute atomic E-state index is 12.1. The molecule has 0 aliphatic heterocycles. The van der Waals surface area contributed by atoms with Crippen LogP contribution in [0.2, 0.25) is 0 Å². The number of H-pyrrole nitrogens is 1. The summed E-state index contributed by atoms with van der Waals surface area (Å²) in [5.41, 5.74) is 0.890. The molecule has 1 saturated carbocycles. The first-order valence-electron chi connectivity index (χ1n) is 6.30. The van der Waals surface area contributed by atoms with Crippen LogP contribution in [0.15, 0.2) is 5.03 Å². The fraction of sp³-hybridized carbons (Fsp3) is 0.727. The van der Waals surface area contributed by atoms with Crippen LogP contribution in [0.5, 0.6) is 0 Å². The molecule has 0 aromatic carbocycles. The van der Waals surface area contributed by atoms with E-state index in [9.17, 15) is 13.5 Å². The molecule has 3 N–H and O–H groups in total. The van der Waals surface area contributed by atoms with Crippen molar-refractivity contribution in [1.82, 2.24) is 19.8 Å². The van der Waals surface area contributed by atoms with Crippen LogP contribution < -0.4 is 4.72 Å². The van der Waals surface area contributed by atoms with Crippen molar-refractivity contribution in [2.24, 2.45) is 0 Å². The van der Waals surface area contributed by atoms with Crippen molar-refractivity contribution in [2.45, 2.75) is 37.4 Å². The second-order valence-electron chi connectivity index (χ2n) is 4.90. The number of aliphatic hydroxyl groups excluding tert-OH is 1. The molecule has 1 aromatic heterocycles. The lowest BCUT2D eigenvalue weighted by atomic mass is 10.3. The summed E-state index contributed by atoms with van der Waals surface area (Å²) in [5.74, 6) is 0. The van der Waals surface area contributed by atoms with E-state index in [0.717, 1.165) is 0 Å². The van der Waals surface area contributed by atoms with Crippen LogP contribution in [-0.4, -0.2) is 54.8 Å². The van der Waals surface area contributed by atoms with E-state index in [-0.39, 0.29) is 11.6 Å². The van der Waals surface area contributed by atoms with E-state index in [2.05, 4.69) is 19.8 Å². The molecular formula is C11H20N4O3S. The summed E-state index contributed by atoms with van der Waals surface area (Å²) in [6.07, 6.45) is 2.38. The van der Waals surface area contributed by atoms with Gasteiger partial charge in [-0.05, 0) is 26.8 Å². The third kappa shape index (κ3) is 3.33. The van der Waals surface area contributed by atoms with Gasteiger partial charge in [0.1, 0.15) is 0 Å². The zero-order valence-electron chi connectivity index (χ0n) is 11.2. The second kappa shape index (κ2) is 5.58. The van der Waals surface area contributed by atoms with Gasteiger partial charge in [-0.3, -0.25) is 5.10 Å². The number of aromatic amines is 1. The van der Waals surface area contributed by atoms with Crippen LogP contribution in [-0.2, 0) is 16.6 Å². The molecule has 0 spiro atoms. The fourth-order valence-corrected chi connectivity index (χ4v) is 3.17. The number of aryl methyl sites for hydroxylation is 1. The molecule has 2 rings (SSSR count). The van der Waals surface area contributed by atoms with Gasteiger partial charge in [-0.15, -0.1) is 0 Å².